The molecule has 14 heteroatoms. The van der Waals surface area contributed by atoms with Gasteiger partial charge in [-0.3, -0.25) is 19.8 Å². The van der Waals surface area contributed by atoms with Gasteiger partial charge in [-0.2, -0.15) is 0 Å². The van der Waals surface area contributed by atoms with Crippen LogP contribution in [0.2, 0.25) is 10.0 Å². The molecule has 0 unspecified atom stereocenters. The van der Waals surface area contributed by atoms with E-state index in [-0.39, 0.29) is 51.8 Å². The summed E-state index contributed by atoms with van der Waals surface area (Å²) in [5.74, 6) is -1.33. The number of methoxy groups -OCH3 is 1. The van der Waals surface area contributed by atoms with Crippen molar-refractivity contribution in [1.29, 1.82) is 0 Å². The summed E-state index contributed by atoms with van der Waals surface area (Å²) in [6, 6.07) is 9.62. The molecule has 0 saturated carbocycles. The SMILES string of the molecule is COC(=O)c1ccc(CN2C(=O)N/C(=C\c3cc(Br)c(OCc4ccc(Cl)c(Cl)c4)c([N+](=O)[O-])c3)C2=O)o1. The van der Waals surface area contributed by atoms with Crippen LogP contribution in [0.5, 0.6) is 5.75 Å². The molecule has 196 valence electrons. The van der Waals surface area contributed by atoms with Crippen LogP contribution in [0.25, 0.3) is 6.08 Å². The van der Waals surface area contributed by atoms with Crippen LogP contribution < -0.4 is 10.1 Å². The van der Waals surface area contributed by atoms with Crippen LogP contribution in [0.4, 0.5) is 10.5 Å². The largest absolute Gasteiger partial charge is 0.481 e. The monoisotopic (exact) mass is 623 g/mol. The fraction of sp³-hybridized carbons (Fsp3) is 0.125. The molecule has 1 N–H and O–H groups in total. The van der Waals surface area contributed by atoms with Crippen LogP contribution in [0, 0.1) is 10.1 Å². The number of nitro benzene ring substituents is 1. The lowest BCUT2D eigenvalue weighted by Crippen LogP contribution is -2.30. The highest BCUT2D eigenvalue weighted by Gasteiger charge is 2.34. The first-order chi connectivity index (χ1) is 18.1. The molecule has 1 fully saturated rings. The second kappa shape index (κ2) is 11.3. The molecule has 3 aromatic rings. The standard InChI is InChI=1S/C24H16BrCl2N3O8/c1-36-23(32)20-5-3-14(38-20)10-29-22(31)18(28-24(29)33)8-13-6-15(25)21(19(9-13)30(34)35)37-11-12-2-4-16(26)17(27)7-12/h2-9H,10-11H2,1H3,(H,28,33)/b18-8-. The molecule has 11 nitrogen and oxygen atoms in total. The summed E-state index contributed by atoms with van der Waals surface area (Å²) in [6.45, 7) is -0.269. The fourth-order valence-corrected chi connectivity index (χ4v) is 4.36. The van der Waals surface area contributed by atoms with Crippen LogP contribution >= 0.6 is 39.1 Å². The van der Waals surface area contributed by atoms with Crippen molar-refractivity contribution >= 4 is 68.8 Å². The van der Waals surface area contributed by atoms with Crippen LogP contribution in [0.15, 0.2) is 57.1 Å². The lowest BCUT2D eigenvalue weighted by Gasteiger charge is -2.11. The van der Waals surface area contributed by atoms with Gasteiger partial charge in [-0.05, 0) is 63.5 Å². The maximum Gasteiger partial charge on any atom is 0.373 e. The molecule has 1 aliphatic rings. The van der Waals surface area contributed by atoms with Crippen molar-refractivity contribution in [2.75, 3.05) is 7.11 Å². The number of urea groups is 1. The summed E-state index contributed by atoms with van der Waals surface area (Å²) in [4.78, 5) is 48.8. The summed E-state index contributed by atoms with van der Waals surface area (Å²) in [7, 11) is 1.19. The van der Waals surface area contributed by atoms with Gasteiger partial charge in [0.15, 0.2) is 0 Å². The van der Waals surface area contributed by atoms with Gasteiger partial charge in [0.05, 0.1) is 33.1 Å². The zero-order valence-corrected chi connectivity index (χ0v) is 22.4. The highest BCUT2D eigenvalue weighted by molar-refractivity contribution is 9.10. The molecule has 1 aliphatic heterocycles. The number of amides is 3. The van der Waals surface area contributed by atoms with Gasteiger partial charge in [-0.1, -0.05) is 29.3 Å². The number of furan rings is 1. The molecule has 1 aromatic heterocycles. The van der Waals surface area contributed by atoms with Crippen molar-refractivity contribution < 1.29 is 33.2 Å². The second-order valence-corrected chi connectivity index (χ2v) is 9.45. The van der Waals surface area contributed by atoms with Crippen LogP contribution in [0.3, 0.4) is 0 Å². The highest BCUT2D eigenvalue weighted by atomic mass is 79.9. The Kier molecular flexibility index (Phi) is 8.05. The van der Waals surface area contributed by atoms with E-state index in [1.807, 2.05) is 0 Å². The van der Waals surface area contributed by atoms with Gasteiger partial charge in [-0.15, -0.1) is 0 Å². The number of halogens is 3. The number of hydrogen-bond acceptors (Lipinski definition) is 8. The second-order valence-electron chi connectivity index (χ2n) is 7.78. The lowest BCUT2D eigenvalue weighted by molar-refractivity contribution is -0.386. The number of benzene rings is 2. The average molecular weight is 625 g/mol. The molecule has 2 heterocycles. The highest BCUT2D eigenvalue weighted by Crippen LogP contribution is 2.38. The minimum atomic E-state index is -0.729. The molecule has 0 atom stereocenters. The van der Waals surface area contributed by atoms with Gasteiger partial charge in [-0.25, -0.2) is 9.59 Å². The molecule has 4 rings (SSSR count). The molecular weight excluding hydrogens is 609 g/mol. The van der Waals surface area contributed by atoms with E-state index in [1.165, 1.54) is 37.5 Å². The van der Waals surface area contributed by atoms with Crippen molar-refractivity contribution in [1.82, 2.24) is 10.2 Å². The quantitative estimate of drug-likeness (QED) is 0.110. The Bertz CT molecular complexity index is 1500. The number of nitrogens with one attached hydrogen (secondary N) is 1. The summed E-state index contributed by atoms with van der Waals surface area (Å²) >= 11 is 15.2. The van der Waals surface area contributed by atoms with Crippen LogP contribution in [-0.4, -0.2) is 34.8 Å². The van der Waals surface area contributed by atoms with Crippen LogP contribution in [0.1, 0.15) is 27.4 Å². The van der Waals surface area contributed by atoms with E-state index in [4.69, 9.17) is 32.4 Å². The number of ether oxygens (including phenoxy) is 2. The van der Waals surface area contributed by atoms with Gasteiger partial charge < -0.3 is 19.2 Å². The first-order valence-electron chi connectivity index (χ1n) is 10.6. The van der Waals surface area contributed by atoms with Crippen molar-refractivity contribution in [3.05, 3.63) is 95.4 Å². The van der Waals surface area contributed by atoms with Crippen molar-refractivity contribution in [2.45, 2.75) is 13.2 Å². The number of hydrogen-bond donors (Lipinski definition) is 1. The molecule has 0 bridgehead atoms. The molecule has 0 spiro atoms. The van der Waals surface area contributed by atoms with Gasteiger partial charge >= 0.3 is 17.7 Å². The number of imide groups is 1. The van der Waals surface area contributed by atoms with Crippen LogP contribution in [-0.2, 0) is 22.7 Å². The number of rotatable bonds is 8. The molecule has 2 aromatic carbocycles. The molecule has 0 radical (unpaired) electrons. The summed E-state index contributed by atoms with van der Waals surface area (Å²) in [6.07, 6.45) is 1.29. The topological polar surface area (TPSA) is 141 Å². The molecule has 3 amide bonds. The predicted molar refractivity (Wildman–Crippen MR) is 139 cm³/mol. The number of nitro groups is 1. The lowest BCUT2D eigenvalue weighted by atomic mass is 10.1. The van der Waals surface area contributed by atoms with Gasteiger partial charge in [0.2, 0.25) is 11.5 Å². The number of carbonyl (C=O) groups is 3. The third-order valence-corrected chi connectivity index (χ3v) is 6.57. The number of nitrogens with zero attached hydrogens (tertiary/aromatic N) is 2. The first kappa shape index (κ1) is 27.2. The minimum absolute atomic E-state index is 0.0231. The van der Waals surface area contributed by atoms with Crippen molar-refractivity contribution in [3.63, 3.8) is 0 Å². The Morgan fingerprint density at radius 3 is 2.63 bits per heavy atom. The minimum Gasteiger partial charge on any atom is -0.481 e. The fourth-order valence-electron chi connectivity index (χ4n) is 3.46. The maximum atomic E-state index is 12.9. The molecule has 0 aliphatic carbocycles. The Morgan fingerprint density at radius 1 is 1.18 bits per heavy atom. The zero-order valence-electron chi connectivity index (χ0n) is 19.3. The number of esters is 1. The van der Waals surface area contributed by atoms with Gasteiger partial charge in [0.25, 0.3) is 5.91 Å². The van der Waals surface area contributed by atoms with Gasteiger partial charge in [0, 0.05) is 6.07 Å². The molecule has 38 heavy (non-hydrogen) atoms. The molecule has 1 saturated heterocycles. The van der Waals surface area contributed by atoms with E-state index in [0.717, 1.165) is 4.90 Å². The maximum absolute atomic E-state index is 12.9. The third-order valence-electron chi connectivity index (χ3n) is 5.25. The van der Waals surface area contributed by atoms with Gasteiger partial charge in [0.1, 0.15) is 18.1 Å². The van der Waals surface area contributed by atoms with E-state index in [9.17, 15) is 24.5 Å². The summed E-state index contributed by atoms with van der Waals surface area (Å²) < 4.78 is 15.8. The van der Waals surface area contributed by atoms with E-state index < -0.39 is 22.8 Å². The first-order valence-corrected chi connectivity index (χ1v) is 12.2. The Labute approximate surface area is 233 Å². The Morgan fingerprint density at radius 2 is 1.95 bits per heavy atom. The predicted octanol–water partition coefficient (Wildman–Crippen LogP) is 5.72. The number of carbonyl (C=O) groups excluding carboxylic acids is 3. The van der Waals surface area contributed by atoms with Crippen molar-refractivity contribution in [2.24, 2.45) is 0 Å². The summed E-state index contributed by atoms with van der Waals surface area (Å²) in [5, 5.41) is 14.9. The average Bonchev–Trinajstić information content (AvgIpc) is 3.45. The smallest absolute Gasteiger partial charge is 0.373 e. The molecular formula is C24H16BrCl2N3O8. The summed E-state index contributed by atoms with van der Waals surface area (Å²) in [5.41, 5.74) is 0.412. The normalized spacial score (nSPS) is 14.1. The van der Waals surface area contributed by atoms with E-state index in [1.54, 1.807) is 18.2 Å². The van der Waals surface area contributed by atoms with E-state index in [2.05, 4.69) is 26.0 Å². The van der Waals surface area contributed by atoms with E-state index in [0.29, 0.717) is 15.6 Å². The van der Waals surface area contributed by atoms with E-state index >= 15 is 0 Å². The Balaban J connectivity index is 1.54. The zero-order chi connectivity index (χ0) is 27.6. The van der Waals surface area contributed by atoms with Crippen molar-refractivity contribution in [3.8, 4) is 5.75 Å². The Hall–Kier alpha value is -3.87. The third kappa shape index (κ3) is 5.82.